The van der Waals surface area contributed by atoms with E-state index in [2.05, 4.69) is 30.8 Å². The highest BCUT2D eigenvalue weighted by Crippen LogP contribution is 1.98. The minimum atomic E-state index is 0. The lowest BCUT2D eigenvalue weighted by atomic mass is 10.3. The van der Waals surface area contributed by atoms with Gasteiger partial charge in [0.2, 0.25) is 11.9 Å². The van der Waals surface area contributed by atoms with Crippen molar-refractivity contribution in [3.63, 3.8) is 0 Å². The van der Waals surface area contributed by atoms with Crippen molar-refractivity contribution in [2.75, 3.05) is 40.3 Å². The van der Waals surface area contributed by atoms with E-state index in [0.29, 0.717) is 0 Å². The van der Waals surface area contributed by atoms with Gasteiger partial charge in [-0.2, -0.15) is 10.2 Å². The minimum Gasteiger partial charge on any atom is -0.355 e. The predicted molar refractivity (Wildman–Crippen MR) is 107 cm³/mol. The summed E-state index contributed by atoms with van der Waals surface area (Å²) < 4.78 is 0. The first-order chi connectivity index (χ1) is 10.8. The highest BCUT2D eigenvalue weighted by atomic mass is 127. The molecule has 0 unspecified atom stereocenters. The lowest BCUT2D eigenvalue weighted by molar-refractivity contribution is 0.517. The normalized spacial score (nSPS) is 18.9. The van der Waals surface area contributed by atoms with Crippen LogP contribution in [0.25, 0.3) is 0 Å². The summed E-state index contributed by atoms with van der Waals surface area (Å²) in [5.74, 6) is 1.62. The van der Waals surface area contributed by atoms with Crippen molar-refractivity contribution in [1.82, 2.24) is 20.7 Å². The van der Waals surface area contributed by atoms with E-state index in [1.807, 2.05) is 14.1 Å². The van der Waals surface area contributed by atoms with E-state index < -0.39 is 0 Å². The average molecular weight is 434 g/mol. The van der Waals surface area contributed by atoms with Crippen molar-refractivity contribution in [2.45, 2.75) is 25.7 Å². The molecule has 0 aliphatic carbocycles. The second-order valence-corrected chi connectivity index (χ2v) is 5.25. The second-order valence-electron chi connectivity index (χ2n) is 5.25. The van der Waals surface area contributed by atoms with Gasteiger partial charge in [-0.15, -0.1) is 24.0 Å². The maximum atomic E-state index is 4.45. The number of aliphatic imine (C=N–C) groups is 2. The van der Waals surface area contributed by atoms with E-state index in [-0.39, 0.29) is 24.0 Å². The minimum absolute atomic E-state index is 0. The number of rotatable bonds is 3. The molecule has 0 fully saturated rings. The molecule has 23 heavy (non-hydrogen) atoms. The Labute approximate surface area is 155 Å². The third-order valence-corrected chi connectivity index (χ3v) is 3.42. The fraction of sp³-hybridized carbons (Fsp3) is 0.714. The van der Waals surface area contributed by atoms with Gasteiger partial charge in [0.25, 0.3) is 0 Å². The van der Waals surface area contributed by atoms with Crippen molar-refractivity contribution in [3.05, 3.63) is 0 Å². The van der Waals surface area contributed by atoms with Crippen LogP contribution in [0.4, 0.5) is 0 Å². The Bertz CT molecular complexity index is 418. The van der Waals surface area contributed by atoms with Gasteiger partial charge in [0.1, 0.15) is 0 Å². The van der Waals surface area contributed by atoms with E-state index in [9.17, 15) is 0 Å². The number of nitrogens with one attached hydrogen (secondary N) is 2. The van der Waals surface area contributed by atoms with Crippen molar-refractivity contribution in [2.24, 2.45) is 20.2 Å². The van der Waals surface area contributed by atoms with Gasteiger partial charge >= 0.3 is 0 Å². The molecule has 0 amide bonds. The predicted octanol–water partition coefficient (Wildman–Crippen LogP) is 0.918. The highest BCUT2D eigenvalue weighted by Gasteiger charge is 2.07. The Balaban J connectivity index is 0.00000264. The molecule has 2 rings (SSSR count). The monoisotopic (exact) mass is 434 g/mol. The maximum Gasteiger partial charge on any atom is 0.214 e. The zero-order valence-electron chi connectivity index (χ0n) is 13.9. The van der Waals surface area contributed by atoms with Crippen LogP contribution in [-0.2, 0) is 0 Å². The number of nitrogens with zero attached hydrogens (tertiary/aromatic N) is 6. The summed E-state index contributed by atoms with van der Waals surface area (Å²) in [5.41, 5.74) is 0. The maximum absolute atomic E-state index is 4.45. The summed E-state index contributed by atoms with van der Waals surface area (Å²) in [6, 6.07) is 0. The third-order valence-electron chi connectivity index (χ3n) is 3.42. The Morgan fingerprint density at radius 1 is 0.826 bits per heavy atom. The number of guanidine groups is 2. The van der Waals surface area contributed by atoms with Gasteiger partial charge in [-0.25, -0.2) is 10.0 Å². The SMILES string of the molecule is CN(/N=C/C=N/N(C)C1=NCCCCN1)C1=NCCCCN1.I. The first kappa shape index (κ1) is 19.7. The summed E-state index contributed by atoms with van der Waals surface area (Å²) in [6.45, 7) is 3.59. The van der Waals surface area contributed by atoms with Crippen molar-refractivity contribution >= 4 is 48.3 Å². The largest absolute Gasteiger partial charge is 0.355 e. The van der Waals surface area contributed by atoms with Crippen molar-refractivity contribution in [3.8, 4) is 0 Å². The van der Waals surface area contributed by atoms with Crippen molar-refractivity contribution < 1.29 is 0 Å². The molecule has 0 aromatic carbocycles. The van der Waals surface area contributed by atoms with Gasteiger partial charge in [0.15, 0.2) is 0 Å². The Morgan fingerprint density at radius 3 is 1.70 bits per heavy atom. The molecule has 2 heterocycles. The van der Waals surface area contributed by atoms with Crippen LogP contribution in [0.2, 0.25) is 0 Å². The molecule has 2 N–H and O–H groups in total. The van der Waals surface area contributed by atoms with Crippen LogP contribution in [0.5, 0.6) is 0 Å². The van der Waals surface area contributed by atoms with Crippen LogP contribution in [-0.4, -0.2) is 74.6 Å². The van der Waals surface area contributed by atoms with Gasteiger partial charge in [0.05, 0.1) is 12.4 Å². The summed E-state index contributed by atoms with van der Waals surface area (Å²) in [6.07, 6.45) is 7.84. The third kappa shape index (κ3) is 7.14. The molecule has 9 heteroatoms. The van der Waals surface area contributed by atoms with Crippen LogP contribution >= 0.6 is 24.0 Å². The lowest BCUT2D eigenvalue weighted by Gasteiger charge is -2.16. The molecular formula is C14H27IN8. The Hall–Kier alpha value is -1.39. The number of hydrogen-bond donors (Lipinski definition) is 2. The van der Waals surface area contributed by atoms with Crippen LogP contribution in [0, 0.1) is 0 Å². The molecule has 0 atom stereocenters. The molecule has 0 spiro atoms. The molecule has 0 radical (unpaired) electrons. The van der Waals surface area contributed by atoms with E-state index in [1.165, 1.54) is 0 Å². The molecule has 0 aromatic rings. The van der Waals surface area contributed by atoms with Gasteiger partial charge in [-0.3, -0.25) is 9.98 Å². The fourth-order valence-corrected chi connectivity index (χ4v) is 2.16. The number of hydrazone groups is 2. The van der Waals surface area contributed by atoms with Gasteiger partial charge in [-0.1, -0.05) is 0 Å². The second kappa shape index (κ2) is 11.2. The number of hydrogen-bond acceptors (Lipinski definition) is 8. The lowest BCUT2D eigenvalue weighted by Crippen LogP contribution is -2.36. The van der Waals surface area contributed by atoms with Gasteiger partial charge in [0, 0.05) is 40.3 Å². The molecule has 2 aliphatic heterocycles. The fourth-order valence-electron chi connectivity index (χ4n) is 2.16. The first-order valence-electron chi connectivity index (χ1n) is 7.88. The zero-order valence-corrected chi connectivity index (χ0v) is 16.2. The van der Waals surface area contributed by atoms with Crippen LogP contribution in [0.1, 0.15) is 25.7 Å². The molecule has 8 nitrogen and oxygen atoms in total. The Morgan fingerprint density at radius 2 is 1.26 bits per heavy atom. The molecule has 130 valence electrons. The van der Waals surface area contributed by atoms with E-state index >= 15 is 0 Å². The molecule has 0 bridgehead atoms. The van der Waals surface area contributed by atoms with Gasteiger partial charge in [-0.05, 0) is 25.7 Å². The summed E-state index contributed by atoms with van der Waals surface area (Å²) >= 11 is 0. The molecule has 2 aliphatic rings. The van der Waals surface area contributed by atoms with E-state index in [1.54, 1.807) is 22.4 Å². The summed E-state index contributed by atoms with van der Waals surface area (Å²) in [5, 5.41) is 18.6. The summed E-state index contributed by atoms with van der Waals surface area (Å²) in [4.78, 5) is 8.91. The van der Waals surface area contributed by atoms with Crippen LogP contribution < -0.4 is 10.6 Å². The molecule has 0 saturated carbocycles. The van der Waals surface area contributed by atoms with E-state index in [0.717, 1.165) is 63.8 Å². The average Bonchev–Trinajstić information content (AvgIpc) is 2.95. The number of halogens is 1. The van der Waals surface area contributed by atoms with Gasteiger partial charge < -0.3 is 10.6 Å². The highest BCUT2D eigenvalue weighted by molar-refractivity contribution is 14.0. The Kier molecular flexibility index (Phi) is 9.57. The van der Waals surface area contributed by atoms with Crippen LogP contribution in [0.15, 0.2) is 20.2 Å². The molecule has 0 aromatic heterocycles. The zero-order chi connectivity index (χ0) is 15.6. The molecule has 0 saturated heterocycles. The smallest absolute Gasteiger partial charge is 0.214 e. The molecular weight excluding hydrogens is 407 g/mol. The standard InChI is InChI=1S/C14H26N8.HI/c1-21(13-15-7-3-4-8-16-13)19-11-12-20-22(2)14-17-9-5-6-10-18-14;/h11-12H,3-10H2,1-2H3,(H,15,16)(H,17,18);1H/b19-11+,20-12+;. The van der Waals surface area contributed by atoms with Crippen molar-refractivity contribution in [1.29, 1.82) is 0 Å². The first-order valence-corrected chi connectivity index (χ1v) is 7.88. The topological polar surface area (TPSA) is 80.0 Å². The van der Waals surface area contributed by atoms with E-state index in [4.69, 9.17) is 0 Å². The summed E-state index contributed by atoms with van der Waals surface area (Å²) in [7, 11) is 3.75. The quantitative estimate of drug-likeness (QED) is 0.394. The van der Waals surface area contributed by atoms with Crippen LogP contribution in [0.3, 0.4) is 0 Å².